The predicted octanol–water partition coefficient (Wildman–Crippen LogP) is 1.87. The van der Waals surface area contributed by atoms with E-state index in [9.17, 15) is 4.79 Å². The van der Waals surface area contributed by atoms with Crippen LogP contribution in [0.25, 0.3) is 0 Å². The van der Waals surface area contributed by atoms with Gasteiger partial charge in [0.2, 0.25) is 0 Å². The first-order valence-corrected chi connectivity index (χ1v) is 5.43. The molecule has 0 bridgehead atoms. The van der Waals surface area contributed by atoms with Crippen LogP contribution < -0.4 is 0 Å². The first-order valence-electron chi connectivity index (χ1n) is 4.48. The molecule has 1 rings (SSSR count). The number of hydrogen-bond donors (Lipinski definition) is 0. The largest absolute Gasteiger partial charge is 0.463 e. The summed E-state index contributed by atoms with van der Waals surface area (Å²) < 4.78 is 9.69. The Balaban J connectivity index is 2.09. The molecule has 0 amide bonds. The Morgan fingerprint density at radius 3 is 3.00 bits per heavy atom. The van der Waals surface area contributed by atoms with Crippen LogP contribution in [0.1, 0.15) is 12.0 Å². The second-order valence-corrected chi connectivity index (χ2v) is 3.62. The van der Waals surface area contributed by atoms with E-state index in [2.05, 4.69) is 0 Å². The summed E-state index contributed by atoms with van der Waals surface area (Å²) in [5.74, 6) is -0.159. The molecule has 1 aromatic rings. The van der Waals surface area contributed by atoms with Gasteiger partial charge < -0.3 is 9.47 Å². The Bertz CT molecular complexity index is 256. The van der Waals surface area contributed by atoms with E-state index in [1.807, 2.05) is 16.8 Å². The van der Waals surface area contributed by atoms with Crippen molar-refractivity contribution in [3.63, 3.8) is 0 Å². The molecule has 0 aromatic carbocycles. The fourth-order valence-corrected chi connectivity index (χ4v) is 1.70. The van der Waals surface area contributed by atoms with E-state index in [0.29, 0.717) is 19.6 Å². The molecule has 1 aromatic heterocycles. The average Bonchev–Trinajstić information content (AvgIpc) is 2.68. The third-order valence-electron chi connectivity index (χ3n) is 1.75. The molecule has 0 saturated heterocycles. The fraction of sp³-hybridized carbons (Fsp3) is 0.500. The Labute approximate surface area is 87.7 Å². The SMILES string of the molecule is COCCOC(=O)CCc1ccsc1. The van der Waals surface area contributed by atoms with E-state index in [-0.39, 0.29) is 5.97 Å². The molecule has 0 spiro atoms. The van der Waals surface area contributed by atoms with Crippen molar-refractivity contribution < 1.29 is 14.3 Å². The number of carbonyl (C=O) groups is 1. The highest BCUT2D eigenvalue weighted by atomic mass is 32.1. The summed E-state index contributed by atoms with van der Waals surface area (Å²) in [6, 6.07) is 2.02. The van der Waals surface area contributed by atoms with Crippen LogP contribution in [0.3, 0.4) is 0 Å². The van der Waals surface area contributed by atoms with Crippen molar-refractivity contribution in [1.82, 2.24) is 0 Å². The molecule has 0 aliphatic rings. The topological polar surface area (TPSA) is 35.5 Å². The van der Waals surface area contributed by atoms with Crippen LogP contribution >= 0.6 is 11.3 Å². The molecule has 14 heavy (non-hydrogen) atoms. The lowest BCUT2D eigenvalue weighted by atomic mass is 10.2. The minimum absolute atomic E-state index is 0.159. The Kier molecular flexibility index (Phi) is 5.25. The van der Waals surface area contributed by atoms with E-state index >= 15 is 0 Å². The minimum Gasteiger partial charge on any atom is -0.463 e. The van der Waals surface area contributed by atoms with Crippen LogP contribution in [-0.4, -0.2) is 26.3 Å². The van der Waals surface area contributed by atoms with Gasteiger partial charge in [0, 0.05) is 13.5 Å². The van der Waals surface area contributed by atoms with E-state index in [1.165, 1.54) is 5.56 Å². The van der Waals surface area contributed by atoms with Crippen LogP contribution in [0.5, 0.6) is 0 Å². The van der Waals surface area contributed by atoms with Gasteiger partial charge in [-0.1, -0.05) is 0 Å². The molecule has 0 aliphatic carbocycles. The summed E-state index contributed by atoms with van der Waals surface area (Å²) >= 11 is 1.64. The van der Waals surface area contributed by atoms with E-state index in [0.717, 1.165) is 6.42 Å². The maximum absolute atomic E-state index is 11.1. The molecule has 0 atom stereocenters. The van der Waals surface area contributed by atoms with E-state index < -0.39 is 0 Å². The highest BCUT2D eigenvalue weighted by Gasteiger charge is 2.03. The number of rotatable bonds is 6. The summed E-state index contributed by atoms with van der Waals surface area (Å²) in [4.78, 5) is 11.1. The first kappa shape index (κ1) is 11.2. The van der Waals surface area contributed by atoms with E-state index in [4.69, 9.17) is 9.47 Å². The van der Waals surface area contributed by atoms with Crippen LogP contribution in [0, 0.1) is 0 Å². The Hall–Kier alpha value is -0.870. The van der Waals surface area contributed by atoms with Crippen molar-refractivity contribution in [2.45, 2.75) is 12.8 Å². The molecule has 1 heterocycles. The number of aryl methyl sites for hydroxylation is 1. The molecule has 0 fully saturated rings. The number of esters is 1. The summed E-state index contributed by atoms with van der Waals surface area (Å²) in [5.41, 5.74) is 1.19. The van der Waals surface area contributed by atoms with Gasteiger partial charge in [-0.15, -0.1) is 0 Å². The van der Waals surface area contributed by atoms with Gasteiger partial charge in [0.15, 0.2) is 0 Å². The lowest BCUT2D eigenvalue weighted by Crippen LogP contribution is -2.10. The smallest absolute Gasteiger partial charge is 0.306 e. The Morgan fingerprint density at radius 2 is 2.36 bits per heavy atom. The summed E-state index contributed by atoms with van der Waals surface area (Å²) in [6.07, 6.45) is 1.20. The molecule has 0 radical (unpaired) electrons. The fourth-order valence-electron chi connectivity index (χ4n) is 0.992. The number of carbonyl (C=O) groups excluding carboxylic acids is 1. The minimum atomic E-state index is -0.159. The second-order valence-electron chi connectivity index (χ2n) is 2.84. The summed E-state index contributed by atoms with van der Waals surface area (Å²) in [5, 5.41) is 4.05. The number of thiophene rings is 1. The van der Waals surface area contributed by atoms with Crippen molar-refractivity contribution in [3.8, 4) is 0 Å². The summed E-state index contributed by atoms with van der Waals surface area (Å²) in [7, 11) is 1.58. The predicted molar refractivity (Wildman–Crippen MR) is 55.5 cm³/mol. The van der Waals surface area contributed by atoms with Gasteiger partial charge in [0.25, 0.3) is 0 Å². The Morgan fingerprint density at radius 1 is 1.50 bits per heavy atom. The monoisotopic (exact) mass is 214 g/mol. The van der Waals surface area contributed by atoms with Crippen molar-refractivity contribution >= 4 is 17.3 Å². The first-order chi connectivity index (χ1) is 6.83. The zero-order valence-electron chi connectivity index (χ0n) is 8.19. The average molecular weight is 214 g/mol. The van der Waals surface area contributed by atoms with E-state index in [1.54, 1.807) is 18.4 Å². The van der Waals surface area contributed by atoms with Gasteiger partial charge >= 0.3 is 5.97 Å². The molecule has 0 saturated carbocycles. The second kappa shape index (κ2) is 6.56. The lowest BCUT2D eigenvalue weighted by molar-refractivity contribution is -0.144. The van der Waals surface area contributed by atoms with Gasteiger partial charge in [0.05, 0.1) is 6.61 Å². The van der Waals surface area contributed by atoms with Gasteiger partial charge in [-0.05, 0) is 28.8 Å². The summed E-state index contributed by atoms with van der Waals surface area (Å²) in [6.45, 7) is 0.809. The standard InChI is InChI=1S/C10H14O3S/c1-12-5-6-13-10(11)3-2-9-4-7-14-8-9/h4,7-8H,2-3,5-6H2,1H3. The third kappa shape index (κ3) is 4.39. The normalized spacial score (nSPS) is 10.1. The number of methoxy groups -OCH3 is 1. The van der Waals surface area contributed by atoms with Gasteiger partial charge in [-0.2, -0.15) is 11.3 Å². The third-order valence-corrected chi connectivity index (χ3v) is 2.48. The highest BCUT2D eigenvalue weighted by Crippen LogP contribution is 2.08. The molecule has 78 valence electrons. The lowest BCUT2D eigenvalue weighted by Gasteiger charge is -2.02. The number of ether oxygens (including phenoxy) is 2. The van der Waals surface area contributed by atoms with Crippen LogP contribution in [0.2, 0.25) is 0 Å². The van der Waals surface area contributed by atoms with Crippen molar-refractivity contribution in [1.29, 1.82) is 0 Å². The van der Waals surface area contributed by atoms with Crippen molar-refractivity contribution in [3.05, 3.63) is 22.4 Å². The van der Waals surface area contributed by atoms with Gasteiger partial charge in [0.1, 0.15) is 6.61 Å². The molecular formula is C10H14O3S. The van der Waals surface area contributed by atoms with Crippen LogP contribution in [0.4, 0.5) is 0 Å². The quantitative estimate of drug-likeness (QED) is 0.535. The molecular weight excluding hydrogens is 200 g/mol. The van der Waals surface area contributed by atoms with Crippen molar-refractivity contribution in [2.24, 2.45) is 0 Å². The zero-order valence-corrected chi connectivity index (χ0v) is 9.01. The van der Waals surface area contributed by atoms with Gasteiger partial charge in [-0.3, -0.25) is 4.79 Å². The highest BCUT2D eigenvalue weighted by molar-refractivity contribution is 7.07. The molecule has 4 heteroatoms. The molecule has 0 unspecified atom stereocenters. The van der Waals surface area contributed by atoms with Crippen LogP contribution in [-0.2, 0) is 20.7 Å². The maximum atomic E-state index is 11.1. The van der Waals surface area contributed by atoms with Crippen LogP contribution in [0.15, 0.2) is 16.8 Å². The van der Waals surface area contributed by atoms with Crippen molar-refractivity contribution in [2.75, 3.05) is 20.3 Å². The maximum Gasteiger partial charge on any atom is 0.306 e. The molecule has 0 aliphatic heterocycles. The molecule has 0 N–H and O–H groups in total. The molecule has 3 nitrogen and oxygen atoms in total. The number of hydrogen-bond acceptors (Lipinski definition) is 4. The van der Waals surface area contributed by atoms with Gasteiger partial charge in [-0.25, -0.2) is 0 Å². The zero-order chi connectivity index (χ0) is 10.2.